The zero-order chi connectivity index (χ0) is 15.1. The molecule has 0 aliphatic heterocycles. The van der Waals surface area contributed by atoms with Crippen LogP contribution < -0.4 is 10.2 Å². The number of hydrogen-bond donors (Lipinski definition) is 1. The van der Waals surface area contributed by atoms with Crippen molar-refractivity contribution in [2.24, 2.45) is 5.92 Å². The molecule has 0 amide bonds. The molecule has 0 saturated heterocycles. The monoisotopic (exact) mass is 284 g/mol. The first-order valence-electron chi connectivity index (χ1n) is 7.54. The van der Waals surface area contributed by atoms with Gasteiger partial charge in [0.25, 0.3) is 0 Å². The first-order chi connectivity index (χ1) is 10.2. The van der Waals surface area contributed by atoms with E-state index in [1.165, 1.54) is 5.56 Å². The molecule has 21 heavy (non-hydrogen) atoms. The van der Waals surface area contributed by atoms with Crippen molar-refractivity contribution >= 4 is 11.8 Å². The van der Waals surface area contributed by atoms with Gasteiger partial charge in [0.05, 0.1) is 0 Å². The van der Waals surface area contributed by atoms with Gasteiger partial charge in [0.2, 0.25) is 5.95 Å². The van der Waals surface area contributed by atoms with Crippen molar-refractivity contribution in [3.05, 3.63) is 48.2 Å². The lowest BCUT2D eigenvalue weighted by Crippen LogP contribution is -2.23. The summed E-state index contributed by atoms with van der Waals surface area (Å²) < 4.78 is 0. The number of nitrogens with one attached hydrogen (secondary N) is 1. The molecule has 0 saturated carbocycles. The third-order valence-electron chi connectivity index (χ3n) is 3.23. The topological polar surface area (TPSA) is 41.1 Å². The zero-order valence-electron chi connectivity index (χ0n) is 13.1. The van der Waals surface area contributed by atoms with Gasteiger partial charge in [-0.1, -0.05) is 44.2 Å². The highest BCUT2D eigenvalue weighted by molar-refractivity contribution is 5.43. The Morgan fingerprint density at radius 1 is 1.14 bits per heavy atom. The van der Waals surface area contributed by atoms with E-state index in [0.29, 0.717) is 11.9 Å². The lowest BCUT2D eigenvalue weighted by molar-refractivity contribution is 0.684. The molecule has 0 atom stereocenters. The Labute approximate surface area is 127 Å². The van der Waals surface area contributed by atoms with Crippen LogP contribution in [0, 0.1) is 5.92 Å². The summed E-state index contributed by atoms with van der Waals surface area (Å²) in [6.45, 7) is 9.14. The van der Waals surface area contributed by atoms with Crippen LogP contribution in [0.4, 0.5) is 11.8 Å². The fourth-order valence-corrected chi connectivity index (χ4v) is 2.06. The Balaban J connectivity index is 2.09. The quantitative estimate of drug-likeness (QED) is 0.844. The molecular weight excluding hydrogens is 260 g/mol. The lowest BCUT2D eigenvalue weighted by atomic mass is 10.2. The summed E-state index contributed by atoms with van der Waals surface area (Å²) in [5, 5.41) is 3.28. The average Bonchev–Trinajstić information content (AvgIpc) is 2.52. The minimum atomic E-state index is 0.573. The second-order valence-electron chi connectivity index (χ2n) is 5.51. The van der Waals surface area contributed by atoms with E-state index in [2.05, 4.69) is 65.2 Å². The molecule has 1 heterocycles. The van der Waals surface area contributed by atoms with E-state index < -0.39 is 0 Å². The van der Waals surface area contributed by atoms with Gasteiger partial charge in [-0.05, 0) is 24.5 Å². The van der Waals surface area contributed by atoms with Crippen molar-refractivity contribution in [3.63, 3.8) is 0 Å². The van der Waals surface area contributed by atoms with Crippen LogP contribution in [0.1, 0.15) is 26.3 Å². The van der Waals surface area contributed by atoms with Crippen LogP contribution >= 0.6 is 0 Å². The number of aromatic nitrogens is 2. The molecule has 2 rings (SSSR count). The van der Waals surface area contributed by atoms with Gasteiger partial charge >= 0.3 is 0 Å². The fraction of sp³-hybridized carbons (Fsp3) is 0.412. The molecule has 0 fully saturated rings. The Kier molecular flexibility index (Phi) is 5.55. The van der Waals surface area contributed by atoms with E-state index in [9.17, 15) is 0 Å². The minimum absolute atomic E-state index is 0.573. The smallest absolute Gasteiger partial charge is 0.224 e. The standard InChI is InChI=1S/C17H24N4/c1-4-21(13-15-8-6-5-7-9-15)16-10-11-18-17(20-16)19-12-14(2)3/h5-11,14H,4,12-13H2,1-3H3,(H,18,19,20). The van der Waals surface area contributed by atoms with Crippen molar-refractivity contribution in [2.75, 3.05) is 23.3 Å². The van der Waals surface area contributed by atoms with E-state index in [0.717, 1.165) is 25.5 Å². The summed E-state index contributed by atoms with van der Waals surface area (Å²) in [4.78, 5) is 11.1. The third-order valence-corrected chi connectivity index (χ3v) is 3.23. The first kappa shape index (κ1) is 15.3. The van der Waals surface area contributed by atoms with E-state index in [4.69, 9.17) is 0 Å². The first-order valence-corrected chi connectivity index (χ1v) is 7.54. The predicted molar refractivity (Wildman–Crippen MR) is 88.5 cm³/mol. The largest absolute Gasteiger partial charge is 0.354 e. The maximum absolute atomic E-state index is 4.62. The highest BCUT2D eigenvalue weighted by Crippen LogP contribution is 2.15. The van der Waals surface area contributed by atoms with Crippen LogP contribution in [0.15, 0.2) is 42.6 Å². The van der Waals surface area contributed by atoms with Gasteiger partial charge in [0.1, 0.15) is 5.82 Å². The normalized spacial score (nSPS) is 10.7. The third kappa shape index (κ3) is 4.74. The van der Waals surface area contributed by atoms with Gasteiger partial charge in [0, 0.05) is 25.8 Å². The van der Waals surface area contributed by atoms with Crippen LogP contribution in [0.3, 0.4) is 0 Å². The van der Waals surface area contributed by atoms with Gasteiger partial charge in [-0.25, -0.2) is 4.98 Å². The molecule has 1 N–H and O–H groups in total. The molecule has 0 radical (unpaired) electrons. The van der Waals surface area contributed by atoms with Crippen LogP contribution in [0.2, 0.25) is 0 Å². The van der Waals surface area contributed by atoms with Gasteiger partial charge in [0.15, 0.2) is 0 Å². The predicted octanol–water partition coefficient (Wildman–Crippen LogP) is 3.57. The molecule has 112 valence electrons. The number of hydrogen-bond acceptors (Lipinski definition) is 4. The molecule has 1 aromatic carbocycles. The summed E-state index contributed by atoms with van der Waals surface area (Å²) in [6.07, 6.45) is 1.82. The minimum Gasteiger partial charge on any atom is -0.354 e. The van der Waals surface area contributed by atoms with Crippen LogP contribution in [-0.2, 0) is 6.54 Å². The molecule has 0 spiro atoms. The molecule has 0 aliphatic rings. The SMILES string of the molecule is CCN(Cc1ccccc1)c1ccnc(NCC(C)C)n1. The molecular formula is C17H24N4. The van der Waals surface area contributed by atoms with E-state index in [1.54, 1.807) is 0 Å². The van der Waals surface area contributed by atoms with Gasteiger partial charge in [-0.15, -0.1) is 0 Å². The Morgan fingerprint density at radius 2 is 1.90 bits per heavy atom. The second-order valence-corrected chi connectivity index (χ2v) is 5.51. The molecule has 0 unspecified atom stereocenters. The van der Waals surface area contributed by atoms with Gasteiger partial charge in [-0.3, -0.25) is 0 Å². The van der Waals surface area contributed by atoms with E-state index >= 15 is 0 Å². The fourth-order valence-electron chi connectivity index (χ4n) is 2.06. The van der Waals surface area contributed by atoms with Crippen LogP contribution in [0.25, 0.3) is 0 Å². The summed E-state index contributed by atoms with van der Waals surface area (Å²) >= 11 is 0. The van der Waals surface area contributed by atoms with Crippen molar-refractivity contribution in [1.29, 1.82) is 0 Å². The van der Waals surface area contributed by atoms with Crippen molar-refractivity contribution in [3.8, 4) is 0 Å². The Morgan fingerprint density at radius 3 is 2.57 bits per heavy atom. The summed E-state index contributed by atoms with van der Waals surface area (Å²) in [6, 6.07) is 12.4. The number of anilines is 2. The van der Waals surface area contributed by atoms with E-state index in [-0.39, 0.29) is 0 Å². The van der Waals surface area contributed by atoms with E-state index in [1.807, 2.05) is 18.3 Å². The van der Waals surface area contributed by atoms with Crippen LogP contribution in [0.5, 0.6) is 0 Å². The molecule has 0 bridgehead atoms. The number of nitrogens with zero attached hydrogens (tertiary/aromatic N) is 3. The van der Waals surface area contributed by atoms with Gasteiger partial charge in [-0.2, -0.15) is 4.98 Å². The Bertz CT molecular complexity index is 539. The van der Waals surface area contributed by atoms with Crippen molar-refractivity contribution < 1.29 is 0 Å². The molecule has 1 aromatic heterocycles. The molecule has 0 aliphatic carbocycles. The van der Waals surface area contributed by atoms with Crippen molar-refractivity contribution in [1.82, 2.24) is 9.97 Å². The van der Waals surface area contributed by atoms with Crippen LogP contribution in [-0.4, -0.2) is 23.1 Å². The van der Waals surface area contributed by atoms with Gasteiger partial charge < -0.3 is 10.2 Å². The zero-order valence-corrected chi connectivity index (χ0v) is 13.1. The maximum atomic E-state index is 4.62. The molecule has 4 nitrogen and oxygen atoms in total. The number of rotatable bonds is 7. The highest BCUT2D eigenvalue weighted by Gasteiger charge is 2.08. The highest BCUT2D eigenvalue weighted by atomic mass is 15.2. The molecule has 4 heteroatoms. The van der Waals surface area contributed by atoms with Crippen molar-refractivity contribution in [2.45, 2.75) is 27.3 Å². The average molecular weight is 284 g/mol. The number of benzene rings is 1. The summed E-state index contributed by atoms with van der Waals surface area (Å²) in [5.41, 5.74) is 1.29. The maximum Gasteiger partial charge on any atom is 0.224 e. The Hall–Kier alpha value is -2.10. The molecule has 2 aromatic rings. The summed E-state index contributed by atoms with van der Waals surface area (Å²) in [7, 11) is 0. The second kappa shape index (κ2) is 7.62. The lowest BCUT2D eigenvalue weighted by Gasteiger charge is -2.22. The summed E-state index contributed by atoms with van der Waals surface area (Å²) in [5.74, 6) is 2.24.